The summed E-state index contributed by atoms with van der Waals surface area (Å²) >= 11 is 0. The highest BCUT2D eigenvalue weighted by Gasteiger charge is 2.20. The molecule has 0 amide bonds. The van der Waals surface area contributed by atoms with Crippen LogP contribution in [0.25, 0.3) is 5.69 Å². The number of nitrogens with one attached hydrogen (secondary N) is 1. The summed E-state index contributed by atoms with van der Waals surface area (Å²) < 4.78 is 2.08. The van der Waals surface area contributed by atoms with Crippen molar-refractivity contribution in [1.29, 1.82) is 0 Å². The number of aryl methyl sites for hydroxylation is 1. The lowest BCUT2D eigenvalue weighted by Crippen LogP contribution is -2.07. The highest BCUT2D eigenvalue weighted by atomic mass is 15.3. The van der Waals surface area contributed by atoms with E-state index in [1.165, 1.54) is 24.0 Å². The van der Waals surface area contributed by atoms with Gasteiger partial charge in [-0.3, -0.25) is 4.98 Å². The number of benzene rings is 1. The summed E-state index contributed by atoms with van der Waals surface area (Å²) in [6.45, 7) is 3.19. The van der Waals surface area contributed by atoms with Gasteiger partial charge < -0.3 is 5.32 Å². The zero-order chi connectivity index (χ0) is 17.1. The largest absolute Gasteiger partial charge is 0.370 e. The van der Waals surface area contributed by atoms with Gasteiger partial charge in [0.05, 0.1) is 11.4 Å². The topological polar surface area (TPSA) is 42.7 Å². The molecule has 128 valence electrons. The van der Waals surface area contributed by atoms with E-state index >= 15 is 0 Å². The predicted molar refractivity (Wildman–Crippen MR) is 101 cm³/mol. The third-order valence-corrected chi connectivity index (χ3v) is 4.88. The monoisotopic (exact) mass is 332 g/mol. The van der Waals surface area contributed by atoms with E-state index in [4.69, 9.17) is 5.10 Å². The van der Waals surface area contributed by atoms with Crippen LogP contribution in [0.3, 0.4) is 0 Å². The fraction of sp³-hybridized carbons (Fsp3) is 0.333. The van der Waals surface area contributed by atoms with Gasteiger partial charge in [-0.1, -0.05) is 25.1 Å². The predicted octanol–water partition coefficient (Wildman–Crippen LogP) is 4.17. The molecule has 0 spiro atoms. The number of fused-ring (bicyclic) bond motifs is 1. The number of hydrogen-bond donors (Lipinski definition) is 1. The third kappa shape index (κ3) is 3.29. The van der Waals surface area contributed by atoms with Gasteiger partial charge in [0.25, 0.3) is 0 Å². The number of anilines is 1. The van der Waals surface area contributed by atoms with E-state index in [9.17, 15) is 0 Å². The molecule has 0 fully saturated rings. The Balaban J connectivity index is 1.75. The van der Waals surface area contributed by atoms with Crippen LogP contribution in [-0.2, 0) is 19.3 Å². The van der Waals surface area contributed by atoms with Gasteiger partial charge >= 0.3 is 0 Å². The highest BCUT2D eigenvalue weighted by Crippen LogP contribution is 2.29. The molecule has 0 atom stereocenters. The number of rotatable bonds is 4. The van der Waals surface area contributed by atoms with Gasteiger partial charge in [0, 0.05) is 30.4 Å². The van der Waals surface area contributed by atoms with Crippen LogP contribution in [0.4, 0.5) is 5.82 Å². The van der Waals surface area contributed by atoms with Crippen molar-refractivity contribution >= 4 is 5.82 Å². The van der Waals surface area contributed by atoms with Crippen LogP contribution in [0, 0.1) is 0 Å². The minimum atomic E-state index is 0.783. The fourth-order valence-electron chi connectivity index (χ4n) is 3.45. The third-order valence-electron chi connectivity index (χ3n) is 4.88. The Hall–Kier alpha value is -2.62. The Bertz CT molecular complexity index is 834. The second kappa shape index (κ2) is 7.09. The Labute approximate surface area is 148 Å². The van der Waals surface area contributed by atoms with Gasteiger partial charge in [-0.15, -0.1) is 0 Å². The van der Waals surface area contributed by atoms with E-state index in [-0.39, 0.29) is 0 Å². The van der Waals surface area contributed by atoms with Crippen molar-refractivity contribution in [2.24, 2.45) is 0 Å². The number of pyridine rings is 1. The molecule has 25 heavy (non-hydrogen) atoms. The maximum Gasteiger partial charge on any atom is 0.133 e. The molecule has 3 aromatic rings. The Morgan fingerprint density at radius 3 is 2.72 bits per heavy atom. The molecule has 0 saturated heterocycles. The first-order chi connectivity index (χ1) is 12.3. The molecule has 4 nitrogen and oxygen atoms in total. The molecule has 0 saturated carbocycles. The maximum absolute atomic E-state index is 4.97. The van der Waals surface area contributed by atoms with Gasteiger partial charge in [-0.05, 0) is 55.5 Å². The summed E-state index contributed by atoms with van der Waals surface area (Å²) in [6.07, 6.45) is 7.18. The maximum atomic E-state index is 4.97. The van der Waals surface area contributed by atoms with Crippen LogP contribution in [0.1, 0.15) is 42.3 Å². The molecule has 1 N–H and O–H groups in total. The zero-order valence-electron chi connectivity index (χ0n) is 14.7. The summed E-state index contributed by atoms with van der Waals surface area (Å²) in [4.78, 5) is 4.48. The smallest absolute Gasteiger partial charge is 0.133 e. The van der Waals surface area contributed by atoms with E-state index in [1.54, 1.807) is 0 Å². The molecule has 2 aromatic heterocycles. The first-order valence-electron chi connectivity index (χ1n) is 9.19. The standard InChI is InChI=1S/C21H24N4/c1-2-16-9-11-18(12-10-16)25-21-19(8-4-6-14-23-21)20(24-25)15-17-7-3-5-13-22-17/h3,5,7,9-13,23H,2,4,6,8,14-15H2,1H3. The average molecular weight is 332 g/mol. The summed E-state index contributed by atoms with van der Waals surface area (Å²) in [6, 6.07) is 14.8. The number of nitrogens with zero attached hydrogens (tertiary/aromatic N) is 3. The quantitative estimate of drug-likeness (QED) is 0.780. The van der Waals surface area contributed by atoms with Crippen LogP contribution in [0.15, 0.2) is 48.7 Å². The van der Waals surface area contributed by atoms with Gasteiger partial charge in [0.1, 0.15) is 5.82 Å². The van der Waals surface area contributed by atoms with Crippen molar-refractivity contribution in [3.05, 3.63) is 71.2 Å². The van der Waals surface area contributed by atoms with Crippen molar-refractivity contribution in [2.45, 2.75) is 39.0 Å². The molecule has 1 aromatic carbocycles. The van der Waals surface area contributed by atoms with Crippen LogP contribution in [0.5, 0.6) is 0 Å². The van der Waals surface area contributed by atoms with Crippen LogP contribution >= 0.6 is 0 Å². The summed E-state index contributed by atoms with van der Waals surface area (Å²) in [5.74, 6) is 1.16. The summed E-state index contributed by atoms with van der Waals surface area (Å²) in [7, 11) is 0. The van der Waals surface area contributed by atoms with Crippen molar-refractivity contribution in [3.63, 3.8) is 0 Å². The fourth-order valence-corrected chi connectivity index (χ4v) is 3.45. The molecule has 1 aliphatic rings. The summed E-state index contributed by atoms with van der Waals surface area (Å²) in [5, 5.41) is 8.58. The molecule has 4 heteroatoms. The van der Waals surface area contributed by atoms with E-state index in [0.29, 0.717) is 0 Å². The van der Waals surface area contributed by atoms with Crippen LogP contribution in [0.2, 0.25) is 0 Å². The lowest BCUT2D eigenvalue weighted by molar-refractivity contribution is 0.766. The molecule has 0 unspecified atom stereocenters. The zero-order valence-corrected chi connectivity index (χ0v) is 14.7. The van der Waals surface area contributed by atoms with E-state index in [0.717, 1.165) is 48.7 Å². The number of hydrogen-bond acceptors (Lipinski definition) is 3. The molecule has 0 bridgehead atoms. The normalized spacial score (nSPS) is 13.8. The molecule has 3 heterocycles. The van der Waals surface area contributed by atoms with Gasteiger partial charge in [-0.25, -0.2) is 4.68 Å². The summed E-state index contributed by atoms with van der Waals surface area (Å²) in [5.41, 5.74) is 6.03. The van der Waals surface area contributed by atoms with Gasteiger partial charge in [-0.2, -0.15) is 5.10 Å². The first-order valence-corrected chi connectivity index (χ1v) is 9.19. The average Bonchev–Trinajstić information content (AvgIpc) is 2.84. The molecule has 0 aliphatic carbocycles. The van der Waals surface area contributed by atoms with Crippen LogP contribution in [-0.4, -0.2) is 21.3 Å². The van der Waals surface area contributed by atoms with Crippen molar-refractivity contribution in [2.75, 3.05) is 11.9 Å². The minimum Gasteiger partial charge on any atom is -0.370 e. The highest BCUT2D eigenvalue weighted by molar-refractivity contribution is 5.55. The van der Waals surface area contributed by atoms with Crippen molar-refractivity contribution in [3.8, 4) is 5.69 Å². The Kier molecular flexibility index (Phi) is 4.51. The van der Waals surface area contributed by atoms with E-state index in [2.05, 4.69) is 52.2 Å². The van der Waals surface area contributed by atoms with E-state index < -0.39 is 0 Å². The minimum absolute atomic E-state index is 0.783. The molecular weight excluding hydrogens is 308 g/mol. The molecule has 1 aliphatic heterocycles. The van der Waals surface area contributed by atoms with Gasteiger partial charge in [0.2, 0.25) is 0 Å². The molecule has 0 radical (unpaired) electrons. The Morgan fingerprint density at radius 1 is 1.08 bits per heavy atom. The molecule has 4 rings (SSSR count). The van der Waals surface area contributed by atoms with Crippen LogP contribution < -0.4 is 5.32 Å². The second-order valence-electron chi connectivity index (χ2n) is 6.59. The lowest BCUT2D eigenvalue weighted by atomic mass is 10.1. The second-order valence-corrected chi connectivity index (χ2v) is 6.59. The van der Waals surface area contributed by atoms with Gasteiger partial charge in [0.15, 0.2) is 0 Å². The number of aromatic nitrogens is 3. The SMILES string of the molecule is CCc1ccc(-n2nc(Cc3ccccn3)c3c2NCCCC3)cc1. The molecular formula is C21H24N4. The first kappa shape index (κ1) is 15.9. The van der Waals surface area contributed by atoms with Crippen molar-refractivity contribution < 1.29 is 0 Å². The van der Waals surface area contributed by atoms with E-state index in [1.807, 2.05) is 18.3 Å². The Morgan fingerprint density at radius 2 is 1.96 bits per heavy atom. The lowest BCUT2D eigenvalue weighted by Gasteiger charge is -2.09. The van der Waals surface area contributed by atoms with Crippen molar-refractivity contribution in [1.82, 2.24) is 14.8 Å².